The molecule has 4 saturated carbocycles. The lowest BCUT2D eigenvalue weighted by Gasteiger charge is -2.59. The van der Waals surface area contributed by atoms with Crippen molar-refractivity contribution in [1.82, 2.24) is 5.32 Å². The van der Waals surface area contributed by atoms with Gasteiger partial charge in [-0.05, 0) is 55.9 Å². The molecule has 4 bridgehead atoms. The van der Waals surface area contributed by atoms with E-state index < -0.39 is 0 Å². The molecule has 21 heavy (non-hydrogen) atoms. The van der Waals surface area contributed by atoms with Crippen molar-refractivity contribution in [3.05, 3.63) is 35.9 Å². The lowest BCUT2D eigenvalue weighted by atomic mass is 9.49. The van der Waals surface area contributed by atoms with Gasteiger partial charge in [0.05, 0.1) is 5.41 Å². The Morgan fingerprint density at radius 1 is 1.14 bits per heavy atom. The summed E-state index contributed by atoms with van der Waals surface area (Å²) in [4.78, 5) is 12.8. The van der Waals surface area contributed by atoms with Crippen LogP contribution in [0.1, 0.15) is 44.1 Å². The van der Waals surface area contributed by atoms with E-state index in [1.165, 1.54) is 6.42 Å². The highest BCUT2D eigenvalue weighted by Gasteiger charge is 2.59. The van der Waals surface area contributed by atoms with E-state index in [1.807, 2.05) is 18.2 Å². The fourth-order valence-corrected chi connectivity index (χ4v) is 6.07. The monoisotopic (exact) mass is 303 g/mol. The van der Waals surface area contributed by atoms with Crippen LogP contribution in [0.4, 0.5) is 0 Å². The van der Waals surface area contributed by atoms with Crippen molar-refractivity contribution in [2.75, 3.05) is 0 Å². The lowest BCUT2D eigenvalue weighted by Crippen LogP contribution is -2.58. The molecule has 112 valence electrons. The SMILES string of the molecule is O=C(NCc1ccccc1)C12C[C@@H]3C[C@@H](CC(Cl)(C3)C1)C2. The minimum absolute atomic E-state index is 0.0891. The molecule has 0 heterocycles. The molecule has 1 amide bonds. The number of alkyl halides is 1. The molecule has 0 aromatic heterocycles. The van der Waals surface area contributed by atoms with Crippen molar-refractivity contribution in [2.45, 2.75) is 49.9 Å². The summed E-state index contributed by atoms with van der Waals surface area (Å²) < 4.78 is 0. The van der Waals surface area contributed by atoms with Crippen molar-refractivity contribution in [2.24, 2.45) is 17.3 Å². The minimum Gasteiger partial charge on any atom is -0.352 e. The fourth-order valence-electron chi connectivity index (χ4n) is 5.38. The lowest BCUT2D eigenvalue weighted by molar-refractivity contribution is -0.144. The van der Waals surface area contributed by atoms with Gasteiger partial charge >= 0.3 is 0 Å². The summed E-state index contributed by atoms with van der Waals surface area (Å²) in [7, 11) is 0. The van der Waals surface area contributed by atoms with Crippen molar-refractivity contribution < 1.29 is 4.79 Å². The molecular weight excluding hydrogens is 282 g/mol. The Labute approximate surface area is 131 Å². The molecule has 4 atom stereocenters. The van der Waals surface area contributed by atoms with Crippen LogP contribution in [0.15, 0.2) is 30.3 Å². The second kappa shape index (κ2) is 4.74. The number of carbonyl (C=O) groups excluding carboxylic acids is 1. The van der Waals surface area contributed by atoms with Gasteiger partial charge in [-0.25, -0.2) is 0 Å². The summed E-state index contributed by atoms with van der Waals surface area (Å²) in [6, 6.07) is 10.1. The van der Waals surface area contributed by atoms with Crippen LogP contribution in [0.3, 0.4) is 0 Å². The van der Waals surface area contributed by atoms with Gasteiger partial charge in [0.2, 0.25) is 5.91 Å². The Kier molecular flexibility index (Phi) is 3.08. The Bertz CT molecular complexity index is 542. The summed E-state index contributed by atoms with van der Waals surface area (Å²) in [6.45, 7) is 0.631. The van der Waals surface area contributed by atoms with Crippen LogP contribution >= 0.6 is 11.6 Å². The quantitative estimate of drug-likeness (QED) is 0.844. The van der Waals surface area contributed by atoms with E-state index in [9.17, 15) is 4.79 Å². The Morgan fingerprint density at radius 2 is 1.81 bits per heavy atom. The number of amides is 1. The number of rotatable bonds is 3. The van der Waals surface area contributed by atoms with E-state index in [1.54, 1.807) is 0 Å². The maximum absolute atomic E-state index is 12.8. The zero-order chi connectivity index (χ0) is 14.5. The molecule has 0 saturated heterocycles. The molecule has 4 aliphatic rings. The molecule has 0 spiro atoms. The molecule has 1 N–H and O–H groups in total. The van der Waals surface area contributed by atoms with Gasteiger partial charge in [-0.1, -0.05) is 30.3 Å². The van der Waals surface area contributed by atoms with Crippen LogP contribution in [0.5, 0.6) is 0 Å². The number of carbonyl (C=O) groups is 1. The zero-order valence-electron chi connectivity index (χ0n) is 12.3. The molecule has 5 rings (SSSR count). The van der Waals surface area contributed by atoms with Crippen LogP contribution < -0.4 is 5.32 Å². The average molecular weight is 304 g/mol. The normalized spacial score (nSPS) is 40.2. The first-order valence-electron chi connectivity index (χ1n) is 8.08. The van der Waals surface area contributed by atoms with E-state index in [4.69, 9.17) is 11.6 Å². The molecule has 3 heteroatoms. The zero-order valence-corrected chi connectivity index (χ0v) is 13.0. The van der Waals surface area contributed by atoms with Crippen LogP contribution in [-0.4, -0.2) is 10.8 Å². The Morgan fingerprint density at radius 3 is 2.43 bits per heavy atom. The maximum atomic E-state index is 12.8. The standard InChI is InChI=1S/C18H22ClNO/c19-18-9-14-6-15(10-18)8-17(7-14,12-18)16(21)20-11-13-4-2-1-3-5-13/h1-5,14-15H,6-12H2,(H,20,21)/t14-,15+,17?,18?. The van der Waals surface area contributed by atoms with Crippen LogP contribution in [0.2, 0.25) is 0 Å². The fraction of sp³-hybridized carbons (Fsp3) is 0.611. The van der Waals surface area contributed by atoms with Crippen molar-refractivity contribution >= 4 is 17.5 Å². The van der Waals surface area contributed by atoms with E-state index in [0.29, 0.717) is 18.4 Å². The smallest absolute Gasteiger partial charge is 0.226 e. The van der Waals surface area contributed by atoms with Crippen LogP contribution in [0, 0.1) is 17.3 Å². The largest absolute Gasteiger partial charge is 0.352 e. The molecule has 4 aliphatic carbocycles. The molecule has 0 radical (unpaired) electrons. The molecule has 2 unspecified atom stereocenters. The maximum Gasteiger partial charge on any atom is 0.226 e. The van der Waals surface area contributed by atoms with Gasteiger partial charge in [0, 0.05) is 11.4 Å². The first-order valence-corrected chi connectivity index (χ1v) is 8.46. The molecule has 4 fully saturated rings. The minimum atomic E-state index is -0.180. The van der Waals surface area contributed by atoms with Gasteiger partial charge in [-0.3, -0.25) is 4.79 Å². The van der Waals surface area contributed by atoms with Gasteiger partial charge in [-0.15, -0.1) is 11.6 Å². The third kappa shape index (κ3) is 2.38. The number of nitrogens with one attached hydrogen (secondary N) is 1. The number of hydrogen-bond acceptors (Lipinski definition) is 1. The van der Waals surface area contributed by atoms with Crippen LogP contribution in [0.25, 0.3) is 0 Å². The number of halogens is 1. The first-order chi connectivity index (χ1) is 10.1. The third-order valence-electron chi connectivity index (χ3n) is 5.77. The Hall–Kier alpha value is -1.02. The summed E-state index contributed by atoms with van der Waals surface area (Å²) >= 11 is 6.80. The van der Waals surface area contributed by atoms with Crippen molar-refractivity contribution in [1.29, 1.82) is 0 Å². The van der Waals surface area contributed by atoms with Gasteiger partial charge in [0.25, 0.3) is 0 Å². The van der Waals surface area contributed by atoms with Crippen molar-refractivity contribution in [3.63, 3.8) is 0 Å². The highest BCUT2D eigenvalue weighted by molar-refractivity contribution is 6.24. The predicted octanol–water partition coefficient (Wildman–Crippen LogP) is 3.88. The second-order valence-corrected chi connectivity index (χ2v) is 8.36. The van der Waals surface area contributed by atoms with E-state index in [2.05, 4.69) is 17.4 Å². The summed E-state index contributed by atoms with van der Waals surface area (Å²) in [5.41, 5.74) is 0.983. The highest BCUT2D eigenvalue weighted by atomic mass is 35.5. The third-order valence-corrected chi connectivity index (χ3v) is 6.21. The van der Waals surface area contributed by atoms with Crippen LogP contribution in [-0.2, 0) is 11.3 Å². The van der Waals surface area contributed by atoms with Gasteiger partial charge < -0.3 is 5.32 Å². The van der Waals surface area contributed by atoms with E-state index in [-0.39, 0.29) is 16.2 Å². The van der Waals surface area contributed by atoms with Gasteiger partial charge in [-0.2, -0.15) is 0 Å². The first kappa shape index (κ1) is 13.6. The van der Waals surface area contributed by atoms with Gasteiger partial charge in [0.1, 0.15) is 0 Å². The van der Waals surface area contributed by atoms with E-state index in [0.717, 1.165) is 37.7 Å². The summed E-state index contributed by atoms with van der Waals surface area (Å²) in [6.07, 6.45) is 6.53. The average Bonchev–Trinajstić information content (AvgIpc) is 2.43. The van der Waals surface area contributed by atoms with Crippen molar-refractivity contribution in [3.8, 4) is 0 Å². The predicted molar refractivity (Wildman–Crippen MR) is 84.0 cm³/mol. The second-order valence-electron chi connectivity index (χ2n) is 7.56. The molecule has 2 nitrogen and oxygen atoms in total. The number of benzene rings is 1. The topological polar surface area (TPSA) is 29.1 Å². The molecule has 1 aromatic carbocycles. The van der Waals surface area contributed by atoms with Gasteiger partial charge in [0.15, 0.2) is 0 Å². The summed E-state index contributed by atoms with van der Waals surface area (Å²) in [5, 5.41) is 3.18. The summed E-state index contributed by atoms with van der Waals surface area (Å²) in [5.74, 6) is 1.59. The Balaban J connectivity index is 1.49. The molecule has 1 aromatic rings. The number of hydrogen-bond donors (Lipinski definition) is 1. The highest BCUT2D eigenvalue weighted by Crippen LogP contribution is 2.63. The van der Waals surface area contributed by atoms with E-state index >= 15 is 0 Å². The molecule has 0 aliphatic heterocycles. The molecular formula is C18H22ClNO.